The molecular weight excluding hydrogens is 383 g/mol. The van der Waals surface area contributed by atoms with Crippen LogP contribution >= 0.6 is 0 Å². The predicted octanol–water partition coefficient (Wildman–Crippen LogP) is 3.16. The van der Waals surface area contributed by atoms with Crippen molar-refractivity contribution in [1.82, 2.24) is 14.8 Å². The van der Waals surface area contributed by atoms with Gasteiger partial charge in [-0.05, 0) is 51.6 Å². The normalized spacial score (nSPS) is 21.2. The maximum Gasteiger partial charge on any atom is 0.341 e. The maximum absolute atomic E-state index is 14.0. The summed E-state index contributed by atoms with van der Waals surface area (Å²) >= 11 is 0. The summed E-state index contributed by atoms with van der Waals surface area (Å²) in [4.78, 5) is 24.2. The molecule has 7 heteroatoms. The van der Waals surface area contributed by atoms with Crippen molar-refractivity contribution < 1.29 is 13.9 Å². The molecule has 0 radical (unpaired) electrons. The second-order valence-corrected chi connectivity index (χ2v) is 8.32. The number of ether oxygens (including phenoxy) is 1. The maximum atomic E-state index is 14.0. The summed E-state index contributed by atoms with van der Waals surface area (Å²) in [5.41, 5.74) is 1.84. The third-order valence-electron chi connectivity index (χ3n) is 6.38. The number of hydrogen-bond acceptors (Lipinski definition) is 6. The second kappa shape index (κ2) is 9.27. The largest absolute Gasteiger partial charge is 0.462 e. The first-order valence-electron chi connectivity index (χ1n) is 11.0. The summed E-state index contributed by atoms with van der Waals surface area (Å²) in [6.07, 6.45) is 5.43. The highest BCUT2D eigenvalue weighted by Crippen LogP contribution is 2.32. The molecule has 30 heavy (non-hydrogen) atoms. The second-order valence-electron chi connectivity index (χ2n) is 8.32. The van der Waals surface area contributed by atoms with Crippen molar-refractivity contribution in [1.29, 1.82) is 0 Å². The van der Waals surface area contributed by atoms with E-state index in [1.807, 2.05) is 0 Å². The highest BCUT2D eigenvalue weighted by molar-refractivity contribution is 6.05. The van der Waals surface area contributed by atoms with E-state index in [4.69, 9.17) is 4.74 Å². The first-order valence-corrected chi connectivity index (χ1v) is 11.0. The topological polar surface area (TPSA) is 48.9 Å². The summed E-state index contributed by atoms with van der Waals surface area (Å²) in [5.74, 6) is -0.733. The van der Waals surface area contributed by atoms with Gasteiger partial charge in [0.1, 0.15) is 11.4 Å². The van der Waals surface area contributed by atoms with E-state index in [9.17, 15) is 9.18 Å². The van der Waals surface area contributed by atoms with Crippen molar-refractivity contribution in [2.75, 3.05) is 57.8 Å². The minimum atomic E-state index is -0.405. The Morgan fingerprint density at radius 3 is 2.73 bits per heavy atom. The number of carbonyl (C=O) groups is 1. The van der Waals surface area contributed by atoms with Crippen LogP contribution in [0, 0.1) is 5.82 Å². The van der Waals surface area contributed by atoms with Gasteiger partial charge in [0.2, 0.25) is 0 Å². The number of hydrogen-bond donors (Lipinski definition) is 0. The van der Waals surface area contributed by atoms with Gasteiger partial charge in [-0.2, -0.15) is 0 Å². The number of likely N-dealkylation sites (tertiary alicyclic amines) is 1. The monoisotopic (exact) mass is 414 g/mol. The Kier molecular flexibility index (Phi) is 6.49. The van der Waals surface area contributed by atoms with Crippen LogP contribution in [-0.2, 0) is 4.74 Å². The fourth-order valence-corrected chi connectivity index (χ4v) is 4.68. The standard InChI is InChI=1S/C23H31FN4O2/c1-3-30-23(29)20-15-25-21-8-7-17(24)14-19(21)22(20)28-12-10-27(11-13-28)16-18-6-4-5-9-26(18)2/h7-8,14-15,18H,3-6,9-13,16H2,1-2H3. The molecule has 1 unspecified atom stereocenters. The number of piperidine rings is 1. The van der Waals surface area contributed by atoms with Gasteiger partial charge in [-0.15, -0.1) is 0 Å². The van der Waals surface area contributed by atoms with Crippen LogP contribution in [0.3, 0.4) is 0 Å². The minimum absolute atomic E-state index is 0.294. The first-order chi connectivity index (χ1) is 14.6. The van der Waals surface area contributed by atoms with E-state index in [2.05, 4.69) is 26.7 Å². The number of anilines is 1. The number of pyridine rings is 1. The summed E-state index contributed by atoms with van der Waals surface area (Å²) < 4.78 is 19.3. The summed E-state index contributed by atoms with van der Waals surface area (Å²) in [5, 5.41) is 0.668. The zero-order chi connectivity index (χ0) is 21.1. The van der Waals surface area contributed by atoms with Gasteiger partial charge in [0.25, 0.3) is 0 Å². The zero-order valence-corrected chi connectivity index (χ0v) is 17.9. The van der Waals surface area contributed by atoms with Crippen molar-refractivity contribution in [2.24, 2.45) is 0 Å². The van der Waals surface area contributed by atoms with Gasteiger partial charge in [0.05, 0.1) is 17.8 Å². The Hall–Kier alpha value is -2.25. The van der Waals surface area contributed by atoms with Crippen LogP contribution < -0.4 is 4.90 Å². The smallest absolute Gasteiger partial charge is 0.341 e. The molecule has 1 atom stereocenters. The van der Waals surface area contributed by atoms with Crippen LogP contribution in [0.25, 0.3) is 10.9 Å². The first kappa shape index (κ1) is 21.0. The van der Waals surface area contributed by atoms with Crippen LogP contribution in [0.4, 0.5) is 10.1 Å². The number of fused-ring (bicyclic) bond motifs is 1. The van der Waals surface area contributed by atoms with Gasteiger partial charge >= 0.3 is 5.97 Å². The van der Waals surface area contributed by atoms with Crippen molar-refractivity contribution in [2.45, 2.75) is 32.2 Å². The molecule has 0 amide bonds. The van der Waals surface area contributed by atoms with Gasteiger partial charge in [0, 0.05) is 50.3 Å². The summed E-state index contributed by atoms with van der Waals surface area (Å²) in [6, 6.07) is 5.17. The average Bonchev–Trinajstić information content (AvgIpc) is 2.75. The molecule has 1 aromatic heterocycles. The van der Waals surface area contributed by atoms with Crippen LogP contribution in [0.1, 0.15) is 36.5 Å². The number of halogens is 1. The van der Waals surface area contributed by atoms with Crippen LogP contribution in [0.15, 0.2) is 24.4 Å². The van der Waals surface area contributed by atoms with Gasteiger partial charge in [-0.1, -0.05) is 6.42 Å². The van der Waals surface area contributed by atoms with Crippen LogP contribution in [-0.4, -0.2) is 79.7 Å². The molecular formula is C23H31FN4O2. The summed E-state index contributed by atoms with van der Waals surface area (Å²) in [7, 11) is 2.23. The number of nitrogens with zero attached hydrogens (tertiary/aromatic N) is 4. The fraction of sp³-hybridized carbons (Fsp3) is 0.565. The van der Waals surface area contributed by atoms with E-state index in [-0.39, 0.29) is 5.82 Å². The molecule has 2 fully saturated rings. The molecule has 2 aliphatic rings. The lowest BCUT2D eigenvalue weighted by Gasteiger charge is -2.41. The number of aromatic nitrogens is 1. The van der Waals surface area contributed by atoms with E-state index >= 15 is 0 Å². The quantitative estimate of drug-likeness (QED) is 0.701. The van der Waals surface area contributed by atoms with E-state index in [1.54, 1.807) is 19.2 Å². The van der Waals surface area contributed by atoms with Crippen molar-refractivity contribution in [3.8, 4) is 0 Å². The lowest BCUT2D eigenvalue weighted by molar-refractivity contribution is 0.0526. The van der Waals surface area contributed by atoms with Gasteiger partial charge < -0.3 is 14.5 Å². The van der Waals surface area contributed by atoms with Crippen molar-refractivity contribution in [3.63, 3.8) is 0 Å². The number of rotatable bonds is 5. The van der Waals surface area contributed by atoms with Crippen LogP contribution in [0.5, 0.6) is 0 Å². The SMILES string of the molecule is CCOC(=O)c1cnc2ccc(F)cc2c1N1CCN(CC2CCCCN2C)CC1. The van der Waals surface area contributed by atoms with Crippen LogP contribution in [0.2, 0.25) is 0 Å². The van der Waals surface area contributed by atoms with Gasteiger partial charge in [-0.3, -0.25) is 9.88 Å². The molecule has 0 bridgehead atoms. The molecule has 3 heterocycles. The lowest BCUT2D eigenvalue weighted by Crippen LogP contribution is -2.52. The van der Waals surface area contributed by atoms with Gasteiger partial charge in [0.15, 0.2) is 0 Å². The Morgan fingerprint density at radius 2 is 2.00 bits per heavy atom. The number of benzene rings is 1. The number of likely N-dealkylation sites (N-methyl/N-ethyl adjacent to an activating group) is 1. The molecule has 2 aliphatic heterocycles. The molecule has 1 aromatic carbocycles. The molecule has 0 N–H and O–H groups in total. The zero-order valence-electron chi connectivity index (χ0n) is 17.9. The molecule has 0 aliphatic carbocycles. The number of carbonyl (C=O) groups excluding carboxylic acids is 1. The lowest BCUT2D eigenvalue weighted by atomic mass is 10.0. The molecule has 4 rings (SSSR count). The third-order valence-corrected chi connectivity index (χ3v) is 6.38. The fourth-order valence-electron chi connectivity index (χ4n) is 4.68. The van der Waals surface area contributed by atoms with E-state index in [0.717, 1.165) is 38.4 Å². The van der Waals surface area contributed by atoms with Gasteiger partial charge in [-0.25, -0.2) is 9.18 Å². The third kappa shape index (κ3) is 4.42. The highest BCUT2D eigenvalue weighted by Gasteiger charge is 2.27. The van der Waals surface area contributed by atoms with E-state index in [0.29, 0.717) is 29.1 Å². The number of piperazine rings is 1. The Balaban J connectivity index is 1.56. The van der Waals surface area contributed by atoms with Crippen molar-refractivity contribution >= 4 is 22.6 Å². The number of esters is 1. The molecule has 6 nitrogen and oxygen atoms in total. The molecule has 2 aromatic rings. The molecule has 0 spiro atoms. The van der Waals surface area contributed by atoms with E-state index < -0.39 is 5.97 Å². The Bertz CT molecular complexity index is 898. The summed E-state index contributed by atoms with van der Waals surface area (Å²) in [6.45, 7) is 7.77. The molecule has 2 saturated heterocycles. The predicted molar refractivity (Wildman–Crippen MR) is 117 cm³/mol. The minimum Gasteiger partial charge on any atom is -0.462 e. The van der Waals surface area contributed by atoms with Crippen molar-refractivity contribution in [3.05, 3.63) is 35.8 Å². The Morgan fingerprint density at radius 1 is 1.20 bits per heavy atom. The average molecular weight is 415 g/mol. The molecule has 162 valence electrons. The Labute approximate surface area is 177 Å². The van der Waals surface area contributed by atoms with E-state index in [1.165, 1.54) is 37.9 Å². The molecule has 0 saturated carbocycles. The highest BCUT2D eigenvalue weighted by atomic mass is 19.1.